The van der Waals surface area contributed by atoms with Crippen LogP contribution in [0.15, 0.2) is 0 Å². The van der Waals surface area contributed by atoms with Crippen LogP contribution in [0.3, 0.4) is 0 Å². The van der Waals surface area contributed by atoms with Gasteiger partial charge in [0, 0.05) is 25.7 Å². The molecule has 14 atom stereocenters. The van der Waals surface area contributed by atoms with Gasteiger partial charge in [-0.15, -0.1) is 0 Å². The zero-order valence-corrected chi connectivity index (χ0v) is 31.6. The Labute approximate surface area is 338 Å². The first-order valence-electron chi connectivity index (χ1n) is 17.8. The molecule has 344 valence electrons. The molecule has 0 radical (unpaired) electrons. The van der Waals surface area contributed by atoms with Crippen molar-refractivity contribution in [2.45, 2.75) is 112 Å². The van der Waals surface area contributed by atoms with Gasteiger partial charge in [0.1, 0.15) is 42.4 Å². The van der Waals surface area contributed by atoms with Crippen LogP contribution in [0.1, 0.15) is 44.9 Å². The fourth-order valence-electron chi connectivity index (χ4n) is 5.56. The second kappa shape index (κ2) is 26.5. The minimum Gasteiger partial charge on any atom is -0.481 e. The Morgan fingerprint density at radius 2 is 0.733 bits per heavy atom. The van der Waals surface area contributed by atoms with E-state index in [2.05, 4.69) is 0 Å². The monoisotopic (exact) mass is 875 g/mol. The molecule has 3 amide bonds. The quantitative estimate of drug-likeness (QED) is 0.0298. The van der Waals surface area contributed by atoms with Crippen LogP contribution in [0, 0.1) is 17.8 Å². The summed E-state index contributed by atoms with van der Waals surface area (Å²) in [6.07, 6.45) is -29.3. The van der Waals surface area contributed by atoms with Crippen LogP contribution < -0.4 is 16.4 Å². The molecule has 0 heterocycles. The van der Waals surface area contributed by atoms with E-state index in [1.54, 1.807) is 5.32 Å². The van der Waals surface area contributed by atoms with E-state index in [4.69, 9.17) is 15.9 Å². The average Bonchev–Trinajstić information content (AvgIpc) is 3.18. The van der Waals surface area contributed by atoms with Crippen molar-refractivity contribution in [1.29, 1.82) is 0 Å². The number of rotatable bonds is 32. The number of primary amides is 1. The summed E-state index contributed by atoms with van der Waals surface area (Å²) in [7, 11) is 0. The van der Waals surface area contributed by atoms with Gasteiger partial charge in [-0.1, -0.05) is 0 Å². The molecule has 27 heteroatoms. The molecule has 0 aliphatic rings. The molecule has 0 rings (SSSR count). The van der Waals surface area contributed by atoms with E-state index in [9.17, 15) is 110 Å². The van der Waals surface area contributed by atoms with Gasteiger partial charge in [0.25, 0.3) is 0 Å². The van der Waals surface area contributed by atoms with Crippen LogP contribution in [-0.2, 0) is 43.2 Å². The van der Waals surface area contributed by atoms with Crippen molar-refractivity contribution < 1.29 is 120 Å². The molecule has 0 aromatic carbocycles. The Balaban J connectivity index is 6.95. The largest absolute Gasteiger partial charge is 0.481 e. The number of aliphatic hydroxyl groups is 12. The Morgan fingerprint density at radius 3 is 1.03 bits per heavy atom. The van der Waals surface area contributed by atoms with Gasteiger partial charge in [0.2, 0.25) is 17.7 Å². The number of hydrogen-bond donors (Lipinski definition) is 18. The Morgan fingerprint density at radius 1 is 0.417 bits per heavy atom. The van der Waals surface area contributed by atoms with E-state index in [0.717, 1.165) is 0 Å². The lowest BCUT2D eigenvalue weighted by Crippen LogP contribution is -2.55. The second-order valence-electron chi connectivity index (χ2n) is 13.7. The maximum absolute atomic E-state index is 13.6. The van der Waals surface area contributed by atoms with Gasteiger partial charge in [0.15, 0.2) is 11.6 Å². The van der Waals surface area contributed by atoms with Crippen molar-refractivity contribution in [2.24, 2.45) is 23.5 Å². The van der Waals surface area contributed by atoms with Gasteiger partial charge < -0.3 is 93.0 Å². The second-order valence-corrected chi connectivity index (χ2v) is 13.7. The molecular formula is C33H53N3O24. The van der Waals surface area contributed by atoms with Crippen molar-refractivity contribution in [1.82, 2.24) is 10.6 Å². The molecule has 0 aromatic heterocycles. The molecule has 0 saturated carbocycles. The molecule has 27 nitrogen and oxygen atoms in total. The van der Waals surface area contributed by atoms with Crippen molar-refractivity contribution in [2.75, 3.05) is 19.8 Å². The van der Waals surface area contributed by atoms with Gasteiger partial charge in [0.05, 0.1) is 87.2 Å². The smallest absolute Gasteiger partial charge is 0.305 e. The first-order valence-corrected chi connectivity index (χ1v) is 17.8. The number of Topliss-reactive ketones (excluding diaryl/α,β-unsaturated/α-hetero) is 3. The number of aliphatic carboxylic acids is 3. The van der Waals surface area contributed by atoms with Gasteiger partial charge in [-0.3, -0.25) is 43.2 Å². The lowest BCUT2D eigenvalue weighted by atomic mass is 9.85. The van der Waals surface area contributed by atoms with Crippen molar-refractivity contribution in [3.05, 3.63) is 0 Å². The van der Waals surface area contributed by atoms with E-state index >= 15 is 0 Å². The number of hydrogen-bond acceptors (Lipinski definition) is 21. The molecule has 0 aromatic rings. The highest BCUT2D eigenvalue weighted by Gasteiger charge is 2.43. The number of carbonyl (C=O) groups is 9. The fourth-order valence-corrected chi connectivity index (χ4v) is 5.56. The zero-order chi connectivity index (χ0) is 46.8. The predicted molar refractivity (Wildman–Crippen MR) is 189 cm³/mol. The number of amides is 3. The van der Waals surface area contributed by atoms with Crippen molar-refractivity contribution >= 4 is 53.0 Å². The Hall–Kier alpha value is -4.65. The number of carbonyl (C=O) groups excluding carboxylic acids is 6. The summed E-state index contributed by atoms with van der Waals surface area (Å²) in [5, 5.41) is 151. The molecule has 0 bridgehead atoms. The first-order chi connectivity index (χ1) is 27.7. The molecule has 0 fully saturated rings. The molecular weight excluding hydrogens is 822 g/mol. The van der Waals surface area contributed by atoms with E-state index in [1.165, 1.54) is 0 Å². The molecule has 0 aliphatic carbocycles. The summed E-state index contributed by atoms with van der Waals surface area (Å²) >= 11 is 0. The van der Waals surface area contributed by atoms with Gasteiger partial charge in [-0.25, -0.2) is 0 Å². The third-order valence-corrected chi connectivity index (χ3v) is 9.14. The minimum absolute atomic E-state index is 0.747. The summed E-state index contributed by atoms with van der Waals surface area (Å²) in [5.41, 5.74) is 5.19. The highest BCUT2D eigenvalue weighted by Crippen LogP contribution is 2.23. The van der Waals surface area contributed by atoms with Crippen LogP contribution >= 0.6 is 0 Å². The summed E-state index contributed by atoms with van der Waals surface area (Å²) in [4.78, 5) is 113. The molecule has 60 heavy (non-hydrogen) atoms. The number of ketones is 3. The highest BCUT2D eigenvalue weighted by molar-refractivity contribution is 5.98. The van der Waals surface area contributed by atoms with Gasteiger partial charge in [-0.2, -0.15) is 0 Å². The topological polar surface area (TPSA) is 507 Å². The molecule has 19 N–H and O–H groups in total. The average molecular weight is 876 g/mol. The molecule has 0 spiro atoms. The summed E-state index contributed by atoms with van der Waals surface area (Å²) in [5.74, 6) is -20.8. The molecule has 0 aliphatic heterocycles. The maximum Gasteiger partial charge on any atom is 0.305 e. The molecule has 0 unspecified atom stereocenters. The van der Waals surface area contributed by atoms with E-state index in [0.29, 0.717) is 0 Å². The highest BCUT2D eigenvalue weighted by atomic mass is 16.4. The minimum atomic E-state index is -2.66. The fraction of sp³-hybridized carbons (Fsp3) is 0.727. The summed E-state index contributed by atoms with van der Waals surface area (Å²) in [6, 6.07) is -4.60. The lowest BCUT2D eigenvalue weighted by molar-refractivity contribution is -0.148. The number of carboxylic acids is 3. The van der Waals surface area contributed by atoms with Crippen LogP contribution in [0.4, 0.5) is 0 Å². The lowest BCUT2D eigenvalue weighted by Gasteiger charge is -2.31. The van der Waals surface area contributed by atoms with Crippen LogP contribution in [-0.4, -0.2) is 216 Å². The summed E-state index contributed by atoms with van der Waals surface area (Å²) in [6.45, 7) is -3.65. The van der Waals surface area contributed by atoms with Crippen LogP contribution in [0.5, 0.6) is 0 Å². The van der Waals surface area contributed by atoms with E-state index < -0.39 is 203 Å². The first kappa shape index (κ1) is 55.4. The Kier molecular flexibility index (Phi) is 24.5. The van der Waals surface area contributed by atoms with E-state index in [1.807, 2.05) is 5.32 Å². The maximum atomic E-state index is 13.6. The number of nitrogens with two attached hydrogens (primary N) is 1. The van der Waals surface area contributed by atoms with Crippen molar-refractivity contribution in [3.8, 4) is 0 Å². The third kappa shape index (κ3) is 17.9. The van der Waals surface area contributed by atoms with Crippen LogP contribution in [0.2, 0.25) is 0 Å². The predicted octanol–water partition coefficient (Wildman–Crippen LogP) is -9.79. The van der Waals surface area contributed by atoms with Gasteiger partial charge >= 0.3 is 17.9 Å². The standard InChI is InChI=1S/C33H53N3O24/c34-31(58)12(25(52)28(55)19(43)8-37)4-17(41)15(6-23(48)49)36-33(60)14(27(54)30(57)21(45)10-39)5-18(42)16(7-24(50)51)35-32(59)13(3-11(40)1-2-22(46)47)26(53)29(56)20(44)9-38/h12-16,19-21,25-30,37-39,43-45,52-57H,1-10H2,(H2,34,58)(H,35,59)(H,36,60)(H,46,47)(H,48,49)(H,50,51)/t12-,13-,14-,15-,16-,19+,20+,21+,25+,26+,27+,28+,29+,30+/m0/s1. The van der Waals surface area contributed by atoms with E-state index in [-0.39, 0.29) is 0 Å². The van der Waals surface area contributed by atoms with Crippen LogP contribution in [0.25, 0.3) is 0 Å². The summed E-state index contributed by atoms with van der Waals surface area (Å²) < 4.78 is 0. The zero-order valence-electron chi connectivity index (χ0n) is 31.6. The Bertz CT molecular complexity index is 1500. The number of aliphatic hydroxyl groups excluding tert-OH is 12. The van der Waals surface area contributed by atoms with Crippen molar-refractivity contribution in [3.63, 3.8) is 0 Å². The SMILES string of the molecule is NC(=O)[C@@H](CC(=O)[C@H](CC(=O)O)NC(=O)[C@@H](CC(=O)[C@H](CC(=O)O)NC(=O)[C@@H](CC(=O)CCC(=O)O)[C@@H](O)[C@H](O)[C@H](O)CO)[C@@H](O)[C@H](O)[C@H](O)CO)[C@@H](O)[C@H](O)[C@H](O)CO. The molecule has 0 saturated heterocycles. The van der Waals surface area contributed by atoms with Gasteiger partial charge in [-0.05, 0) is 0 Å². The number of carboxylic acid groups (broad SMARTS) is 3. The number of nitrogens with one attached hydrogen (secondary N) is 2. The normalized spacial score (nSPS) is 18.6. The third-order valence-electron chi connectivity index (χ3n) is 9.14.